The van der Waals surface area contributed by atoms with Crippen molar-refractivity contribution in [3.8, 4) is 0 Å². The minimum Gasteiger partial charge on any atom is -0.387 e. The van der Waals surface area contributed by atoms with E-state index in [4.69, 9.17) is 0 Å². The molecule has 1 aromatic heterocycles. The average Bonchev–Trinajstić information content (AvgIpc) is 2.94. The van der Waals surface area contributed by atoms with Crippen LogP contribution in [0.1, 0.15) is 29.2 Å². The predicted molar refractivity (Wildman–Crippen MR) is 96.9 cm³/mol. The first-order valence-corrected chi connectivity index (χ1v) is 8.76. The molecule has 3 rings (SSSR count). The van der Waals surface area contributed by atoms with Gasteiger partial charge >= 0.3 is 0 Å². The van der Waals surface area contributed by atoms with E-state index < -0.39 is 6.10 Å². The van der Waals surface area contributed by atoms with Gasteiger partial charge < -0.3 is 10.4 Å². The van der Waals surface area contributed by atoms with E-state index in [9.17, 15) is 5.11 Å². The highest BCUT2D eigenvalue weighted by molar-refractivity contribution is 7.18. The first kappa shape index (κ1) is 16.1. The van der Waals surface area contributed by atoms with Crippen LogP contribution >= 0.6 is 11.3 Å². The summed E-state index contributed by atoms with van der Waals surface area (Å²) in [7, 11) is 0. The molecule has 0 bridgehead atoms. The normalized spacial score (nSPS) is 14.0. The molecule has 4 heteroatoms. The van der Waals surface area contributed by atoms with Gasteiger partial charge in [-0.2, -0.15) is 0 Å². The van der Waals surface area contributed by atoms with E-state index in [1.54, 1.807) is 11.3 Å². The number of aliphatic hydroxyl groups excluding tert-OH is 1. The molecule has 0 aliphatic heterocycles. The van der Waals surface area contributed by atoms with Crippen molar-refractivity contribution in [1.82, 2.24) is 10.3 Å². The van der Waals surface area contributed by atoms with Crippen molar-refractivity contribution in [2.75, 3.05) is 6.54 Å². The molecule has 0 radical (unpaired) electrons. The zero-order chi connectivity index (χ0) is 16.2. The Balaban J connectivity index is 1.55. The number of fused-ring (bicyclic) bond motifs is 1. The number of thiazole rings is 1. The molecule has 0 fully saturated rings. The molecule has 2 N–H and O–H groups in total. The Labute approximate surface area is 141 Å². The van der Waals surface area contributed by atoms with Crippen molar-refractivity contribution in [3.05, 3.63) is 64.7 Å². The lowest BCUT2D eigenvalue weighted by molar-refractivity contribution is 0.170. The van der Waals surface area contributed by atoms with Crippen LogP contribution in [0.25, 0.3) is 10.2 Å². The van der Waals surface area contributed by atoms with E-state index in [0.717, 1.165) is 22.5 Å². The second-order valence-corrected chi connectivity index (χ2v) is 7.13. The van der Waals surface area contributed by atoms with Crippen LogP contribution in [0.5, 0.6) is 0 Å². The van der Waals surface area contributed by atoms with Gasteiger partial charge in [0.15, 0.2) is 0 Å². The van der Waals surface area contributed by atoms with E-state index in [2.05, 4.69) is 29.4 Å². The number of hydrogen-bond donors (Lipinski definition) is 2. The number of aryl methyl sites for hydroxylation is 1. The number of nitrogens with zero attached hydrogens (tertiary/aromatic N) is 1. The second-order valence-electron chi connectivity index (χ2n) is 6.02. The smallest absolute Gasteiger partial charge is 0.0954 e. The summed E-state index contributed by atoms with van der Waals surface area (Å²) in [6.45, 7) is 4.73. The van der Waals surface area contributed by atoms with Gasteiger partial charge in [-0.05, 0) is 31.5 Å². The van der Waals surface area contributed by atoms with Crippen molar-refractivity contribution < 1.29 is 5.11 Å². The first-order chi connectivity index (χ1) is 11.1. The van der Waals surface area contributed by atoms with Crippen molar-refractivity contribution in [2.24, 2.45) is 0 Å². The molecular formula is C19H22N2OS. The molecule has 0 spiro atoms. The molecule has 2 unspecified atom stereocenters. The molecule has 2 atom stereocenters. The van der Waals surface area contributed by atoms with Crippen LogP contribution in [0, 0.1) is 6.92 Å². The lowest BCUT2D eigenvalue weighted by atomic mass is 10.1. The Kier molecular flexibility index (Phi) is 5.06. The van der Waals surface area contributed by atoms with Crippen LogP contribution in [0.3, 0.4) is 0 Å². The minimum absolute atomic E-state index is 0.273. The third-order valence-electron chi connectivity index (χ3n) is 3.91. The van der Waals surface area contributed by atoms with Gasteiger partial charge in [0.05, 0.1) is 21.3 Å². The van der Waals surface area contributed by atoms with Crippen molar-refractivity contribution >= 4 is 21.6 Å². The summed E-state index contributed by atoms with van der Waals surface area (Å²) in [5.74, 6) is 0. The summed E-state index contributed by atoms with van der Waals surface area (Å²) >= 11 is 1.74. The Morgan fingerprint density at radius 1 is 1.17 bits per heavy atom. The number of para-hydroxylation sites is 1. The van der Waals surface area contributed by atoms with Crippen molar-refractivity contribution in [2.45, 2.75) is 32.4 Å². The maximum absolute atomic E-state index is 10.3. The Hall–Kier alpha value is -1.75. The topological polar surface area (TPSA) is 45.1 Å². The zero-order valence-electron chi connectivity index (χ0n) is 13.5. The van der Waals surface area contributed by atoms with E-state index in [-0.39, 0.29) is 6.04 Å². The minimum atomic E-state index is -0.479. The standard InChI is InChI=1S/C19H22N2OS/c1-13-6-5-7-15(10-13)17(22)12-20-14(2)11-19-21-16-8-3-4-9-18(16)23-19/h3-10,14,17,20,22H,11-12H2,1-2H3. The van der Waals surface area contributed by atoms with Gasteiger partial charge in [-0.1, -0.05) is 42.0 Å². The van der Waals surface area contributed by atoms with Crippen LogP contribution in [0.15, 0.2) is 48.5 Å². The molecule has 0 amide bonds. The Morgan fingerprint density at radius 2 is 2.00 bits per heavy atom. The summed E-state index contributed by atoms with van der Waals surface area (Å²) in [5, 5.41) is 14.8. The van der Waals surface area contributed by atoms with Gasteiger partial charge in [-0.15, -0.1) is 11.3 Å². The number of nitrogens with one attached hydrogen (secondary N) is 1. The van der Waals surface area contributed by atoms with Crippen molar-refractivity contribution in [1.29, 1.82) is 0 Å². The molecule has 1 heterocycles. The van der Waals surface area contributed by atoms with Crippen LogP contribution in [-0.4, -0.2) is 22.7 Å². The SMILES string of the molecule is Cc1cccc(C(O)CNC(C)Cc2nc3ccccc3s2)c1. The molecule has 120 valence electrons. The summed E-state index contributed by atoms with van der Waals surface area (Å²) in [5.41, 5.74) is 3.20. The van der Waals surface area contributed by atoms with E-state index >= 15 is 0 Å². The molecule has 0 aliphatic carbocycles. The Morgan fingerprint density at radius 3 is 2.78 bits per heavy atom. The van der Waals surface area contributed by atoms with Crippen LogP contribution in [-0.2, 0) is 6.42 Å². The Bertz CT molecular complexity index is 751. The van der Waals surface area contributed by atoms with Gasteiger partial charge in [0.2, 0.25) is 0 Å². The zero-order valence-corrected chi connectivity index (χ0v) is 14.3. The largest absolute Gasteiger partial charge is 0.387 e. The fourth-order valence-electron chi connectivity index (χ4n) is 2.65. The fourth-order valence-corrected chi connectivity index (χ4v) is 3.75. The predicted octanol–water partition coefficient (Wildman–Crippen LogP) is 3.86. The maximum atomic E-state index is 10.3. The number of rotatable bonds is 6. The van der Waals surface area contributed by atoms with Crippen LogP contribution in [0.4, 0.5) is 0 Å². The molecule has 3 nitrogen and oxygen atoms in total. The highest BCUT2D eigenvalue weighted by atomic mass is 32.1. The van der Waals surface area contributed by atoms with E-state index in [1.165, 1.54) is 10.3 Å². The summed E-state index contributed by atoms with van der Waals surface area (Å²) in [6, 6.07) is 16.5. The van der Waals surface area contributed by atoms with Crippen molar-refractivity contribution in [3.63, 3.8) is 0 Å². The van der Waals surface area contributed by atoms with Gasteiger partial charge in [-0.3, -0.25) is 0 Å². The number of aromatic nitrogens is 1. The molecular weight excluding hydrogens is 304 g/mol. The molecule has 23 heavy (non-hydrogen) atoms. The fraction of sp³-hybridized carbons (Fsp3) is 0.316. The molecule has 3 aromatic rings. The molecule has 0 saturated heterocycles. The van der Waals surface area contributed by atoms with Gasteiger partial charge in [0, 0.05) is 19.0 Å². The van der Waals surface area contributed by atoms with Gasteiger partial charge in [0.25, 0.3) is 0 Å². The lowest BCUT2D eigenvalue weighted by Crippen LogP contribution is -2.32. The third-order valence-corrected chi connectivity index (χ3v) is 4.96. The average molecular weight is 326 g/mol. The van der Waals surface area contributed by atoms with Gasteiger partial charge in [-0.25, -0.2) is 4.98 Å². The highest BCUT2D eigenvalue weighted by Crippen LogP contribution is 2.22. The first-order valence-electron chi connectivity index (χ1n) is 7.94. The quantitative estimate of drug-likeness (QED) is 0.723. The van der Waals surface area contributed by atoms with Crippen LogP contribution in [0.2, 0.25) is 0 Å². The van der Waals surface area contributed by atoms with Gasteiger partial charge in [0.1, 0.15) is 0 Å². The number of aliphatic hydroxyl groups is 1. The molecule has 0 aliphatic rings. The molecule has 0 saturated carbocycles. The van der Waals surface area contributed by atoms with E-state index in [1.807, 2.05) is 43.3 Å². The molecule has 2 aromatic carbocycles. The summed E-state index contributed by atoms with van der Waals surface area (Å²) in [4.78, 5) is 4.67. The number of hydrogen-bond acceptors (Lipinski definition) is 4. The lowest BCUT2D eigenvalue weighted by Gasteiger charge is -2.17. The second kappa shape index (κ2) is 7.21. The van der Waals surface area contributed by atoms with Crippen LogP contribution < -0.4 is 5.32 Å². The monoisotopic (exact) mass is 326 g/mol. The number of benzene rings is 2. The highest BCUT2D eigenvalue weighted by Gasteiger charge is 2.12. The maximum Gasteiger partial charge on any atom is 0.0954 e. The summed E-state index contributed by atoms with van der Waals surface area (Å²) < 4.78 is 1.23. The summed E-state index contributed by atoms with van der Waals surface area (Å²) in [6.07, 6.45) is 0.396. The third kappa shape index (κ3) is 4.16. The van der Waals surface area contributed by atoms with E-state index in [0.29, 0.717) is 6.54 Å².